The largest absolute Gasteiger partial charge is 0.464 e. The number of ether oxygens (including phenoxy) is 1. The Morgan fingerprint density at radius 1 is 1.44 bits per heavy atom. The second-order valence-electron chi connectivity index (χ2n) is 4.89. The number of nitrogens with two attached hydrogens (primary N) is 1. The minimum atomic E-state index is -1.03. The van der Waals surface area contributed by atoms with Crippen LogP contribution in [0.5, 0.6) is 5.88 Å². The van der Waals surface area contributed by atoms with Gasteiger partial charge in [-0.05, 0) is 18.6 Å². The molecule has 1 heterocycles. The lowest BCUT2D eigenvalue weighted by Gasteiger charge is -2.15. The molecule has 9 heteroatoms. The molecule has 0 saturated carbocycles. The molecule has 0 spiro atoms. The second-order valence-corrected chi connectivity index (χ2v) is 6.62. The molecule has 0 aliphatic carbocycles. The highest BCUT2D eigenvalue weighted by molar-refractivity contribution is 8.13. The summed E-state index contributed by atoms with van der Waals surface area (Å²) >= 11 is 12.5. The molecule has 0 radical (unpaired) electrons. The van der Waals surface area contributed by atoms with E-state index in [0.717, 1.165) is 17.3 Å². The van der Waals surface area contributed by atoms with Crippen molar-refractivity contribution in [2.75, 3.05) is 5.73 Å². The van der Waals surface area contributed by atoms with Gasteiger partial charge in [0.15, 0.2) is 6.10 Å². The predicted molar refractivity (Wildman–Crippen MR) is 96.2 cm³/mol. The zero-order valence-electron chi connectivity index (χ0n) is 12.9. The molecule has 2 rings (SSSR count). The molecule has 0 amide bonds. The van der Waals surface area contributed by atoms with Gasteiger partial charge < -0.3 is 10.5 Å². The van der Waals surface area contributed by atoms with Crippen molar-refractivity contribution in [3.05, 3.63) is 51.4 Å². The molecule has 0 fully saturated rings. The van der Waals surface area contributed by atoms with Gasteiger partial charge in [0.05, 0.1) is 17.3 Å². The molecule has 0 bridgehead atoms. The topological polar surface area (TPSA) is 89.0 Å². The van der Waals surface area contributed by atoms with Crippen LogP contribution in [0.25, 0.3) is 0 Å². The van der Waals surface area contributed by atoms with E-state index in [-0.39, 0.29) is 21.7 Å². The molecule has 2 N–H and O–H groups in total. The fourth-order valence-corrected chi connectivity index (χ4v) is 3.02. The summed E-state index contributed by atoms with van der Waals surface area (Å²) in [7, 11) is 0. The van der Waals surface area contributed by atoms with Crippen LogP contribution in [0.3, 0.4) is 0 Å². The number of anilines is 1. The number of hydrogen-bond donors (Lipinski definition) is 1. The van der Waals surface area contributed by atoms with Gasteiger partial charge in [-0.1, -0.05) is 53.2 Å². The molecule has 1 atom stereocenters. The van der Waals surface area contributed by atoms with E-state index in [1.165, 1.54) is 6.92 Å². The standard InChI is InChI=1S/C16H12Cl2FN3O2S/c1-8(24-15-12(18)13(21)11(17)14(19)22-15)16(23)25-7-10-5-3-2-4-9(10)6-20/h2-5,8H,7H2,1H3,(H2,21,22)/t8-/m1/s1. The number of carbonyl (C=O) groups is 1. The fourth-order valence-electron chi connectivity index (χ4n) is 1.83. The normalized spacial score (nSPS) is 11.6. The summed E-state index contributed by atoms with van der Waals surface area (Å²) in [6.07, 6.45) is -0.954. The van der Waals surface area contributed by atoms with Crippen molar-refractivity contribution in [2.24, 2.45) is 0 Å². The van der Waals surface area contributed by atoms with E-state index in [9.17, 15) is 9.18 Å². The molecule has 0 unspecified atom stereocenters. The first-order valence-corrected chi connectivity index (χ1v) is 8.70. The van der Waals surface area contributed by atoms with E-state index >= 15 is 0 Å². The van der Waals surface area contributed by atoms with Gasteiger partial charge in [-0.25, -0.2) is 0 Å². The number of hydrogen-bond acceptors (Lipinski definition) is 6. The lowest BCUT2D eigenvalue weighted by molar-refractivity contribution is -0.116. The van der Waals surface area contributed by atoms with Crippen molar-refractivity contribution in [1.29, 1.82) is 5.26 Å². The minimum absolute atomic E-state index is 0.161. The first-order valence-electron chi connectivity index (χ1n) is 6.96. The van der Waals surface area contributed by atoms with Crippen LogP contribution in [0, 0.1) is 17.3 Å². The third kappa shape index (κ3) is 4.54. The maximum absolute atomic E-state index is 13.5. The van der Waals surface area contributed by atoms with Gasteiger partial charge in [-0.15, -0.1) is 0 Å². The molecule has 0 aliphatic heterocycles. The van der Waals surface area contributed by atoms with Crippen LogP contribution in [0.2, 0.25) is 10.0 Å². The minimum Gasteiger partial charge on any atom is -0.464 e. The predicted octanol–water partition coefficient (Wildman–Crippen LogP) is 4.21. The van der Waals surface area contributed by atoms with E-state index in [4.69, 9.17) is 38.9 Å². The third-order valence-electron chi connectivity index (χ3n) is 3.17. The summed E-state index contributed by atoms with van der Waals surface area (Å²) < 4.78 is 18.9. The van der Waals surface area contributed by atoms with Crippen molar-refractivity contribution in [1.82, 2.24) is 4.98 Å². The number of aromatic nitrogens is 1. The lowest BCUT2D eigenvalue weighted by Crippen LogP contribution is -2.22. The Morgan fingerprint density at radius 2 is 2.12 bits per heavy atom. The van der Waals surface area contributed by atoms with Gasteiger partial charge in [0.25, 0.3) is 0 Å². The third-order valence-corrected chi connectivity index (χ3v) is 4.97. The molecule has 5 nitrogen and oxygen atoms in total. The lowest BCUT2D eigenvalue weighted by atomic mass is 10.1. The first-order chi connectivity index (χ1) is 11.8. The Morgan fingerprint density at radius 3 is 2.80 bits per heavy atom. The molecular formula is C16H12Cl2FN3O2S. The van der Waals surface area contributed by atoms with Gasteiger partial charge in [0.2, 0.25) is 16.9 Å². The SMILES string of the molecule is C[C@@H](Oc1nc(F)c(Cl)c(N)c1Cl)C(=O)SCc1ccccc1C#N. The Balaban J connectivity index is 2.05. The number of halogens is 3. The van der Waals surface area contributed by atoms with Gasteiger partial charge in [0.1, 0.15) is 10.0 Å². The summed E-state index contributed by atoms with van der Waals surface area (Å²) in [6.45, 7) is 1.48. The van der Waals surface area contributed by atoms with Gasteiger partial charge >= 0.3 is 0 Å². The Labute approximate surface area is 157 Å². The number of nitrogens with zero attached hydrogens (tertiary/aromatic N) is 2. The van der Waals surface area contributed by atoms with Crippen LogP contribution in [0.1, 0.15) is 18.1 Å². The monoisotopic (exact) mass is 399 g/mol. The maximum Gasteiger partial charge on any atom is 0.238 e. The summed E-state index contributed by atoms with van der Waals surface area (Å²) in [5.41, 5.74) is 6.57. The Kier molecular flexibility index (Phi) is 6.48. The van der Waals surface area contributed by atoms with Crippen molar-refractivity contribution in [3.8, 4) is 11.9 Å². The summed E-state index contributed by atoms with van der Waals surface area (Å²) in [6, 6.07) is 9.02. The zero-order chi connectivity index (χ0) is 18.6. The fraction of sp³-hybridized carbons (Fsp3) is 0.188. The van der Waals surface area contributed by atoms with Crippen LogP contribution in [-0.2, 0) is 10.5 Å². The average molecular weight is 400 g/mol. The number of nitrogen functional groups attached to an aromatic ring is 1. The van der Waals surface area contributed by atoms with Gasteiger partial charge in [-0.2, -0.15) is 14.6 Å². The number of benzene rings is 1. The zero-order valence-corrected chi connectivity index (χ0v) is 15.3. The van der Waals surface area contributed by atoms with Crippen LogP contribution in [-0.4, -0.2) is 16.2 Å². The second kappa shape index (κ2) is 8.39. The van der Waals surface area contributed by atoms with Crippen molar-refractivity contribution < 1.29 is 13.9 Å². The van der Waals surface area contributed by atoms with E-state index in [0.29, 0.717) is 11.3 Å². The molecule has 130 valence electrons. The number of thioether (sulfide) groups is 1. The summed E-state index contributed by atoms with van der Waals surface area (Å²) in [5, 5.41) is 8.14. The van der Waals surface area contributed by atoms with E-state index in [2.05, 4.69) is 11.1 Å². The average Bonchev–Trinajstić information content (AvgIpc) is 2.62. The molecule has 25 heavy (non-hydrogen) atoms. The molecule has 0 saturated heterocycles. The van der Waals surface area contributed by atoms with Gasteiger partial charge in [-0.3, -0.25) is 4.79 Å². The summed E-state index contributed by atoms with van der Waals surface area (Å²) in [4.78, 5) is 15.7. The molecule has 1 aromatic heterocycles. The van der Waals surface area contributed by atoms with Crippen molar-refractivity contribution in [3.63, 3.8) is 0 Å². The number of carbonyl (C=O) groups excluding carboxylic acids is 1. The molecular weight excluding hydrogens is 388 g/mol. The van der Waals surface area contributed by atoms with Crippen LogP contribution >= 0.6 is 35.0 Å². The smallest absolute Gasteiger partial charge is 0.238 e. The molecule has 1 aromatic carbocycles. The molecule has 0 aliphatic rings. The Bertz CT molecular complexity index is 858. The van der Waals surface area contributed by atoms with Crippen LogP contribution in [0.15, 0.2) is 24.3 Å². The van der Waals surface area contributed by atoms with Gasteiger partial charge in [0, 0.05) is 5.75 Å². The number of rotatable bonds is 5. The van der Waals surface area contributed by atoms with E-state index < -0.39 is 17.1 Å². The molecule has 2 aromatic rings. The van der Waals surface area contributed by atoms with E-state index in [1.54, 1.807) is 24.3 Å². The Hall–Kier alpha value is -2.01. The van der Waals surface area contributed by atoms with Crippen LogP contribution < -0.4 is 10.5 Å². The number of nitriles is 1. The number of pyridine rings is 1. The quantitative estimate of drug-likeness (QED) is 0.757. The van der Waals surface area contributed by atoms with Crippen molar-refractivity contribution in [2.45, 2.75) is 18.8 Å². The first kappa shape index (κ1) is 19.3. The highest BCUT2D eigenvalue weighted by atomic mass is 35.5. The maximum atomic E-state index is 13.5. The van der Waals surface area contributed by atoms with Crippen molar-refractivity contribution >= 4 is 45.8 Å². The summed E-state index contributed by atoms with van der Waals surface area (Å²) in [5.74, 6) is -1.04. The highest BCUT2D eigenvalue weighted by Gasteiger charge is 2.22. The van der Waals surface area contributed by atoms with Crippen LogP contribution in [0.4, 0.5) is 10.1 Å². The highest BCUT2D eigenvalue weighted by Crippen LogP contribution is 2.36. The van der Waals surface area contributed by atoms with E-state index in [1.807, 2.05) is 0 Å².